The molecule has 0 N–H and O–H groups in total. The predicted molar refractivity (Wildman–Crippen MR) is 92.8 cm³/mol. The summed E-state index contributed by atoms with van der Waals surface area (Å²) in [7, 11) is 0.0348. The van der Waals surface area contributed by atoms with E-state index in [9.17, 15) is 0 Å². The van der Waals surface area contributed by atoms with Crippen molar-refractivity contribution in [1.82, 2.24) is 0 Å². The number of hydrogen-bond donors (Lipinski definition) is 0. The highest BCUT2D eigenvalue weighted by molar-refractivity contribution is 6.45. The van der Waals surface area contributed by atoms with Gasteiger partial charge in [-0.05, 0) is 61.1 Å². The molecule has 4 fully saturated rings. The smallest absolute Gasteiger partial charge is 0.405 e. The van der Waals surface area contributed by atoms with Crippen LogP contribution in [0.1, 0.15) is 74.1 Å². The summed E-state index contributed by atoms with van der Waals surface area (Å²) >= 11 is 0. The Morgan fingerprint density at radius 3 is 2.45 bits per heavy atom. The minimum absolute atomic E-state index is 0.0316. The largest absolute Gasteiger partial charge is 0.457 e. The molecule has 0 aromatic heterocycles. The standard InChI is InChI=1S/C19H35BO2/c1-13(12-17(2,3)4)8-9-20-21-16-11-14-10-15(18(14,5)6)19(16,7)22-20/h13-16H,8-12H2,1-7H3/t13?,14-,15-,16-,19-/m0/s1. The van der Waals surface area contributed by atoms with E-state index in [2.05, 4.69) is 48.5 Å². The third-order valence-electron chi connectivity index (χ3n) is 6.86. The molecule has 0 spiro atoms. The van der Waals surface area contributed by atoms with E-state index in [4.69, 9.17) is 9.31 Å². The molecule has 1 heterocycles. The lowest BCUT2D eigenvalue weighted by molar-refractivity contribution is -0.199. The normalized spacial score (nSPS) is 41.0. The van der Waals surface area contributed by atoms with E-state index in [0.717, 1.165) is 18.2 Å². The Bertz CT molecular complexity index is 428. The maximum Gasteiger partial charge on any atom is 0.457 e. The molecule has 1 aliphatic heterocycles. The van der Waals surface area contributed by atoms with E-state index in [1.807, 2.05) is 0 Å². The molecule has 0 amide bonds. The fourth-order valence-electron chi connectivity index (χ4n) is 5.64. The molecule has 3 heteroatoms. The van der Waals surface area contributed by atoms with Crippen molar-refractivity contribution < 1.29 is 9.31 Å². The van der Waals surface area contributed by atoms with Gasteiger partial charge in [0.15, 0.2) is 0 Å². The fourth-order valence-corrected chi connectivity index (χ4v) is 5.64. The zero-order chi connectivity index (χ0) is 16.3. The summed E-state index contributed by atoms with van der Waals surface area (Å²) in [5.74, 6) is 2.27. The maximum atomic E-state index is 6.50. The van der Waals surface area contributed by atoms with Crippen LogP contribution in [0.3, 0.4) is 0 Å². The van der Waals surface area contributed by atoms with Crippen molar-refractivity contribution in [2.75, 3.05) is 0 Å². The van der Waals surface area contributed by atoms with Gasteiger partial charge in [0.05, 0.1) is 11.7 Å². The summed E-state index contributed by atoms with van der Waals surface area (Å²) in [6, 6.07) is 0. The first kappa shape index (κ1) is 16.8. The molecule has 2 nitrogen and oxygen atoms in total. The van der Waals surface area contributed by atoms with Gasteiger partial charge in [-0.1, -0.05) is 48.0 Å². The van der Waals surface area contributed by atoms with E-state index < -0.39 is 0 Å². The van der Waals surface area contributed by atoms with Crippen LogP contribution in [0, 0.1) is 28.6 Å². The number of rotatable bonds is 4. The minimum atomic E-state index is -0.0316. The second-order valence-electron chi connectivity index (χ2n) is 10.3. The first-order chi connectivity index (χ1) is 10.0. The molecule has 126 valence electrons. The van der Waals surface area contributed by atoms with Gasteiger partial charge in [-0.15, -0.1) is 0 Å². The third-order valence-corrected chi connectivity index (χ3v) is 6.86. The number of hydrogen-bond acceptors (Lipinski definition) is 2. The predicted octanol–water partition coefficient (Wildman–Crippen LogP) is 5.18. The lowest BCUT2D eigenvalue weighted by atomic mass is 9.43. The van der Waals surface area contributed by atoms with Gasteiger partial charge in [0.2, 0.25) is 0 Å². The lowest BCUT2D eigenvalue weighted by Crippen LogP contribution is -2.65. The molecule has 1 unspecified atom stereocenters. The van der Waals surface area contributed by atoms with Crippen LogP contribution in [0.25, 0.3) is 0 Å². The Labute approximate surface area is 137 Å². The average Bonchev–Trinajstić information content (AvgIpc) is 2.69. The van der Waals surface area contributed by atoms with Gasteiger partial charge in [0.1, 0.15) is 0 Å². The monoisotopic (exact) mass is 306 g/mol. The molecule has 1 saturated heterocycles. The lowest BCUT2D eigenvalue weighted by Gasteiger charge is -2.64. The maximum absolute atomic E-state index is 6.50. The first-order valence-corrected chi connectivity index (χ1v) is 9.35. The average molecular weight is 306 g/mol. The van der Waals surface area contributed by atoms with E-state index in [1.165, 1.54) is 25.7 Å². The van der Waals surface area contributed by atoms with Crippen LogP contribution in [0.2, 0.25) is 6.32 Å². The molecule has 2 bridgehead atoms. The van der Waals surface area contributed by atoms with Gasteiger partial charge in [0, 0.05) is 0 Å². The zero-order valence-electron chi connectivity index (χ0n) is 15.7. The highest BCUT2D eigenvalue weighted by Gasteiger charge is 2.67. The Balaban J connectivity index is 1.55. The Morgan fingerprint density at radius 1 is 1.18 bits per heavy atom. The van der Waals surface area contributed by atoms with Crippen LogP contribution >= 0.6 is 0 Å². The van der Waals surface area contributed by atoms with E-state index in [-0.39, 0.29) is 12.7 Å². The third kappa shape index (κ3) is 2.77. The van der Waals surface area contributed by atoms with Crippen molar-refractivity contribution in [2.24, 2.45) is 28.6 Å². The van der Waals surface area contributed by atoms with Gasteiger partial charge >= 0.3 is 7.12 Å². The molecule has 22 heavy (non-hydrogen) atoms. The van der Waals surface area contributed by atoms with Gasteiger partial charge < -0.3 is 9.31 Å². The highest BCUT2D eigenvalue weighted by atomic mass is 16.7. The minimum Gasteiger partial charge on any atom is -0.405 e. The van der Waals surface area contributed by atoms with E-state index >= 15 is 0 Å². The molecule has 3 aliphatic carbocycles. The molecule has 0 radical (unpaired) electrons. The highest BCUT2D eigenvalue weighted by Crippen LogP contribution is 2.65. The first-order valence-electron chi connectivity index (χ1n) is 9.35. The van der Waals surface area contributed by atoms with Crippen molar-refractivity contribution in [3.05, 3.63) is 0 Å². The second kappa shape index (κ2) is 5.24. The zero-order valence-corrected chi connectivity index (χ0v) is 15.7. The van der Waals surface area contributed by atoms with Crippen molar-refractivity contribution in [1.29, 1.82) is 0 Å². The van der Waals surface area contributed by atoms with Gasteiger partial charge in [-0.2, -0.15) is 0 Å². The van der Waals surface area contributed by atoms with Gasteiger partial charge in [0.25, 0.3) is 0 Å². The van der Waals surface area contributed by atoms with Crippen LogP contribution in [0.15, 0.2) is 0 Å². The van der Waals surface area contributed by atoms with E-state index in [0.29, 0.717) is 22.9 Å². The molecule has 4 aliphatic rings. The van der Waals surface area contributed by atoms with Crippen LogP contribution < -0.4 is 0 Å². The summed E-state index contributed by atoms with van der Waals surface area (Å²) in [6.45, 7) is 16.5. The van der Waals surface area contributed by atoms with Gasteiger partial charge in [-0.3, -0.25) is 0 Å². The van der Waals surface area contributed by atoms with Crippen molar-refractivity contribution in [2.45, 2.75) is 92.2 Å². The quantitative estimate of drug-likeness (QED) is 0.666. The summed E-state index contributed by atoms with van der Waals surface area (Å²) in [4.78, 5) is 0. The summed E-state index contributed by atoms with van der Waals surface area (Å²) in [5, 5.41) is 0. The Morgan fingerprint density at radius 2 is 1.86 bits per heavy atom. The Kier molecular flexibility index (Phi) is 4.01. The van der Waals surface area contributed by atoms with Crippen molar-refractivity contribution in [3.8, 4) is 0 Å². The molecular formula is C19H35BO2. The summed E-state index contributed by atoms with van der Waals surface area (Å²) in [5.41, 5.74) is 0.835. The Hall–Kier alpha value is -0.0151. The topological polar surface area (TPSA) is 18.5 Å². The van der Waals surface area contributed by atoms with Crippen LogP contribution in [0.4, 0.5) is 0 Å². The molecule has 4 rings (SSSR count). The second-order valence-corrected chi connectivity index (χ2v) is 10.3. The molecule has 3 saturated carbocycles. The molecule has 0 aromatic carbocycles. The fraction of sp³-hybridized carbons (Fsp3) is 1.00. The molecule has 0 aromatic rings. The van der Waals surface area contributed by atoms with Crippen LogP contribution in [-0.4, -0.2) is 18.8 Å². The summed E-state index contributed by atoms with van der Waals surface area (Å²) in [6.07, 6.45) is 6.43. The summed E-state index contributed by atoms with van der Waals surface area (Å²) < 4.78 is 12.8. The van der Waals surface area contributed by atoms with E-state index in [1.54, 1.807) is 0 Å². The molecule has 5 atom stereocenters. The van der Waals surface area contributed by atoms with Crippen LogP contribution in [-0.2, 0) is 9.31 Å². The van der Waals surface area contributed by atoms with Crippen molar-refractivity contribution in [3.63, 3.8) is 0 Å². The molecular weight excluding hydrogens is 271 g/mol. The van der Waals surface area contributed by atoms with Crippen LogP contribution in [0.5, 0.6) is 0 Å². The van der Waals surface area contributed by atoms with Crippen molar-refractivity contribution >= 4 is 7.12 Å². The SMILES string of the molecule is CC(CCB1O[C@H]2C[C@@H]3C[C@@H](C3(C)C)[C@]2(C)O1)CC(C)(C)C. The van der Waals surface area contributed by atoms with Gasteiger partial charge in [-0.25, -0.2) is 0 Å².